The second-order valence-electron chi connectivity index (χ2n) is 9.02. The largest absolute Gasteiger partial charge is 0.444 e. The molecule has 1 aromatic carbocycles. The number of likely N-dealkylation sites (tertiary alicyclic amines) is 1. The number of carbonyl (C=O) groups excluding carboxylic acids is 3. The van der Waals surface area contributed by atoms with Crippen LogP contribution >= 0.6 is 11.3 Å². The number of hydrogen-bond donors (Lipinski definition) is 2. The first-order valence-corrected chi connectivity index (χ1v) is 11.5. The number of ether oxygens (including phenoxy) is 1. The van der Waals surface area contributed by atoms with Crippen molar-refractivity contribution in [1.29, 1.82) is 0 Å². The summed E-state index contributed by atoms with van der Waals surface area (Å²) in [5, 5.41) is 6.70. The van der Waals surface area contributed by atoms with Gasteiger partial charge in [-0.2, -0.15) is 0 Å². The SMILES string of the molecule is C[C@H](NC(=O)c1cc2ccccc2s1)C(=O)NCC1CCCN(C(=O)OC(C)(C)C)C1. The van der Waals surface area contributed by atoms with Crippen molar-refractivity contribution < 1.29 is 19.1 Å². The van der Waals surface area contributed by atoms with E-state index >= 15 is 0 Å². The molecule has 2 heterocycles. The quantitative estimate of drug-likeness (QED) is 0.733. The van der Waals surface area contributed by atoms with E-state index in [1.54, 1.807) is 11.8 Å². The van der Waals surface area contributed by atoms with Crippen LogP contribution < -0.4 is 10.6 Å². The van der Waals surface area contributed by atoms with Gasteiger partial charge in [-0.15, -0.1) is 11.3 Å². The predicted octanol–water partition coefficient (Wildman–Crippen LogP) is 3.78. The average Bonchev–Trinajstić information content (AvgIpc) is 3.15. The minimum Gasteiger partial charge on any atom is -0.444 e. The molecule has 1 fully saturated rings. The van der Waals surface area contributed by atoms with E-state index in [0.29, 0.717) is 24.5 Å². The van der Waals surface area contributed by atoms with Crippen LogP contribution in [0.1, 0.15) is 50.2 Å². The second kappa shape index (κ2) is 9.68. The maximum Gasteiger partial charge on any atom is 0.410 e. The van der Waals surface area contributed by atoms with Gasteiger partial charge in [0.25, 0.3) is 5.91 Å². The predicted molar refractivity (Wildman–Crippen MR) is 122 cm³/mol. The molecule has 1 saturated heterocycles. The highest BCUT2D eigenvalue weighted by molar-refractivity contribution is 7.20. The molecular formula is C23H31N3O4S. The molecule has 31 heavy (non-hydrogen) atoms. The molecule has 0 aliphatic carbocycles. The van der Waals surface area contributed by atoms with E-state index in [-0.39, 0.29) is 23.8 Å². The van der Waals surface area contributed by atoms with Crippen LogP contribution in [-0.4, -0.2) is 54.1 Å². The van der Waals surface area contributed by atoms with Crippen LogP contribution in [0.2, 0.25) is 0 Å². The Bertz CT molecular complexity index is 917. The molecule has 0 radical (unpaired) electrons. The van der Waals surface area contributed by atoms with Crippen LogP contribution in [0.3, 0.4) is 0 Å². The van der Waals surface area contributed by atoms with Crippen molar-refractivity contribution >= 4 is 39.3 Å². The summed E-state index contributed by atoms with van der Waals surface area (Å²) in [4.78, 5) is 39.6. The maximum atomic E-state index is 12.5. The first kappa shape index (κ1) is 23.1. The number of nitrogens with zero attached hydrogens (tertiary/aromatic N) is 1. The van der Waals surface area contributed by atoms with Crippen LogP contribution in [0.25, 0.3) is 10.1 Å². The van der Waals surface area contributed by atoms with Crippen molar-refractivity contribution in [2.24, 2.45) is 5.92 Å². The Morgan fingerprint density at radius 3 is 2.71 bits per heavy atom. The highest BCUT2D eigenvalue weighted by Gasteiger charge is 2.28. The molecule has 2 atom stereocenters. The Kier molecular flexibility index (Phi) is 7.20. The van der Waals surface area contributed by atoms with E-state index < -0.39 is 11.6 Å². The maximum absolute atomic E-state index is 12.5. The standard InChI is InChI=1S/C23H31N3O4S/c1-15(25-21(28)19-12-17-9-5-6-10-18(17)31-19)20(27)24-13-16-8-7-11-26(14-16)22(29)30-23(2,3)4/h5-6,9-10,12,15-16H,7-8,11,13-14H2,1-4H3,(H,24,27)(H,25,28)/t15-,16?/m0/s1. The zero-order valence-corrected chi connectivity index (χ0v) is 19.4. The van der Waals surface area contributed by atoms with Gasteiger partial charge in [-0.3, -0.25) is 9.59 Å². The Morgan fingerprint density at radius 2 is 2.00 bits per heavy atom. The van der Waals surface area contributed by atoms with Crippen LogP contribution in [0.5, 0.6) is 0 Å². The summed E-state index contributed by atoms with van der Waals surface area (Å²) in [5.74, 6) is -0.322. The Hall–Kier alpha value is -2.61. The monoisotopic (exact) mass is 445 g/mol. The number of rotatable bonds is 5. The molecule has 3 amide bonds. The van der Waals surface area contributed by atoms with Crippen molar-refractivity contribution in [1.82, 2.24) is 15.5 Å². The van der Waals surface area contributed by atoms with Gasteiger partial charge in [0, 0.05) is 24.3 Å². The molecule has 2 N–H and O–H groups in total. The van der Waals surface area contributed by atoms with E-state index in [1.807, 2.05) is 51.1 Å². The van der Waals surface area contributed by atoms with E-state index in [9.17, 15) is 14.4 Å². The molecule has 7 nitrogen and oxygen atoms in total. The van der Waals surface area contributed by atoms with Gasteiger partial charge in [-0.1, -0.05) is 18.2 Å². The van der Waals surface area contributed by atoms with Crippen molar-refractivity contribution in [3.05, 3.63) is 35.2 Å². The smallest absolute Gasteiger partial charge is 0.410 e. The number of piperidine rings is 1. The van der Waals surface area contributed by atoms with E-state index in [0.717, 1.165) is 22.9 Å². The van der Waals surface area contributed by atoms with Crippen LogP contribution in [0, 0.1) is 5.92 Å². The van der Waals surface area contributed by atoms with Crippen molar-refractivity contribution in [2.45, 2.75) is 52.2 Å². The summed E-state index contributed by atoms with van der Waals surface area (Å²) >= 11 is 1.41. The van der Waals surface area contributed by atoms with Crippen molar-refractivity contribution in [3.63, 3.8) is 0 Å². The van der Waals surface area contributed by atoms with Crippen LogP contribution in [0.15, 0.2) is 30.3 Å². The topological polar surface area (TPSA) is 87.7 Å². The molecule has 0 saturated carbocycles. The van der Waals surface area contributed by atoms with Crippen LogP contribution in [-0.2, 0) is 9.53 Å². The highest BCUT2D eigenvalue weighted by atomic mass is 32.1. The van der Waals surface area contributed by atoms with Gasteiger partial charge in [0.15, 0.2) is 0 Å². The fourth-order valence-corrected chi connectivity index (χ4v) is 4.51. The lowest BCUT2D eigenvalue weighted by Gasteiger charge is -2.34. The zero-order valence-electron chi connectivity index (χ0n) is 18.6. The van der Waals surface area contributed by atoms with Crippen molar-refractivity contribution in [2.75, 3.05) is 19.6 Å². The van der Waals surface area contributed by atoms with Crippen molar-refractivity contribution in [3.8, 4) is 0 Å². The third-order valence-electron chi connectivity index (χ3n) is 5.13. The average molecular weight is 446 g/mol. The Labute approximate surface area is 187 Å². The van der Waals surface area contributed by atoms with E-state index in [2.05, 4.69) is 10.6 Å². The molecule has 3 rings (SSSR count). The molecular weight excluding hydrogens is 414 g/mol. The lowest BCUT2D eigenvalue weighted by Crippen LogP contribution is -2.49. The molecule has 1 aliphatic rings. The summed E-state index contributed by atoms with van der Waals surface area (Å²) < 4.78 is 6.49. The summed E-state index contributed by atoms with van der Waals surface area (Å²) in [7, 11) is 0. The number of fused-ring (bicyclic) bond motifs is 1. The van der Waals surface area contributed by atoms with Gasteiger partial charge in [0.2, 0.25) is 5.91 Å². The Morgan fingerprint density at radius 1 is 1.26 bits per heavy atom. The number of amides is 3. The molecule has 0 spiro atoms. The molecule has 168 valence electrons. The van der Waals surface area contributed by atoms with Crippen LogP contribution in [0.4, 0.5) is 4.79 Å². The highest BCUT2D eigenvalue weighted by Crippen LogP contribution is 2.25. The molecule has 1 unspecified atom stereocenters. The van der Waals surface area contributed by atoms with E-state index in [1.165, 1.54) is 11.3 Å². The zero-order chi connectivity index (χ0) is 22.6. The molecule has 8 heteroatoms. The number of nitrogens with one attached hydrogen (secondary N) is 2. The fourth-order valence-electron chi connectivity index (χ4n) is 3.55. The molecule has 0 bridgehead atoms. The Balaban J connectivity index is 1.47. The summed E-state index contributed by atoms with van der Waals surface area (Å²) in [6, 6.07) is 8.99. The lowest BCUT2D eigenvalue weighted by atomic mass is 9.98. The van der Waals surface area contributed by atoms with Gasteiger partial charge in [0.05, 0.1) is 4.88 Å². The normalized spacial score (nSPS) is 17.8. The fraction of sp³-hybridized carbons (Fsp3) is 0.522. The number of thiophene rings is 1. The lowest BCUT2D eigenvalue weighted by molar-refractivity contribution is -0.122. The number of hydrogen-bond acceptors (Lipinski definition) is 5. The first-order chi connectivity index (χ1) is 14.6. The third kappa shape index (κ3) is 6.43. The first-order valence-electron chi connectivity index (χ1n) is 10.7. The number of benzene rings is 1. The van der Waals surface area contributed by atoms with Gasteiger partial charge in [-0.25, -0.2) is 4.79 Å². The molecule has 1 aliphatic heterocycles. The summed E-state index contributed by atoms with van der Waals surface area (Å²) in [5.41, 5.74) is -0.527. The number of carbonyl (C=O) groups is 3. The summed E-state index contributed by atoms with van der Waals surface area (Å²) in [6.07, 6.45) is 1.49. The minimum absolute atomic E-state index is 0.163. The third-order valence-corrected chi connectivity index (χ3v) is 6.24. The minimum atomic E-state index is -0.650. The van der Waals surface area contributed by atoms with Gasteiger partial charge < -0.3 is 20.3 Å². The molecule has 2 aromatic rings. The van der Waals surface area contributed by atoms with Gasteiger partial charge >= 0.3 is 6.09 Å². The van der Waals surface area contributed by atoms with E-state index in [4.69, 9.17) is 4.74 Å². The summed E-state index contributed by atoms with van der Waals surface area (Å²) in [6.45, 7) is 8.90. The van der Waals surface area contributed by atoms with Gasteiger partial charge in [0.1, 0.15) is 11.6 Å². The second-order valence-corrected chi connectivity index (χ2v) is 10.1. The molecule has 1 aromatic heterocycles. The van der Waals surface area contributed by atoms with Gasteiger partial charge in [-0.05, 0) is 64.0 Å².